The van der Waals surface area contributed by atoms with Crippen LogP contribution < -0.4 is 4.74 Å². The third-order valence-corrected chi connectivity index (χ3v) is 5.49. The van der Waals surface area contributed by atoms with Crippen LogP contribution in [0.15, 0.2) is 56.0 Å². The molecule has 0 bridgehead atoms. The standard InChI is InChI=1S/C20H16Br2INO3/c1-11(2)10-26-18-15(21)7-12(8-16(18)22)9-17-20(25)27-19(24-17)13-3-5-14(23)6-4-13/h3-9,11H,10H2,1-2H3/b17-9-. The van der Waals surface area contributed by atoms with Gasteiger partial charge >= 0.3 is 5.97 Å². The van der Waals surface area contributed by atoms with Crippen molar-refractivity contribution in [3.8, 4) is 5.75 Å². The minimum Gasteiger partial charge on any atom is -0.491 e. The first-order valence-electron chi connectivity index (χ1n) is 8.24. The summed E-state index contributed by atoms with van der Waals surface area (Å²) in [6.07, 6.45) is 1.70. The zero-order chi connectivity index (χ0) is 19.6. The minimum absolute atomic E-state index is 0.262. The predicted molar refractivity (Wildman–Crippen MR) is 122 cm³/mol. The van der Waals surface area contributed by atoms with E-state index in [-0.39, 0.29) is 5.70 Å². The monoisotopic (exact) mass is 603 g/mol. The summed E-state index contributed by atoms with van der Waals surface area (Å²) < 4.78 is 13.8. The van der Waals surface area contributed by atoms with Gasteiger partial charge in [-0.3, -0.25) is 0 Å². The van der Waals surface area contributed by atoms with Gasteiger partial charge in [-0.05, 0) is 108 Å². The highest BCUT2D eigenvalue weighted by molar-refractivity contribution is 14.1. The van der Waals surface area contributed by atoms with Crippen molar-refractivity contribution in [2.45, 2.75) is 13.8 Å². The molecule has 1 aliphatic heterocycles. The van der Waals surface area contributed by atoms with Crippen LogP contribution in [0.1, 0.15) is 25.0 Å². The van der Waals surface area contributed by atoms with Gasteiger partial charge in [0.15, 0.2) is 5.70 Å². The Balaban J connectivity index is 1.87. The molecule has 1 aliphatic rings. The highest BCUT2D eigenvalue weighted by Gasteiger charge is 2.24. The van der Waals surface area contributed by atoms with Gasteiger partial charge in [-0.2, -0.15) is 0 Å². The van der Waals surface area contributed by atoms with Gasteiger partial charge < -0.3 is 9.47 Å². The van der Waals surface area contributed by atoms with Crippen molar-refractivity contribution in [2.75, 3.05) is 6.61 Å². The summed E-state index contributed by atoms with van der Waals surface area (Å²) in [5.74, 6) is 1.02. The number of hydrogen-bond donors (Lipinski definition) is 0. The van der Waals surface area contributed by atoms with Crippen molar-refractivity contribution >= 4 is 72.4 Å². The molecular weight excluding hydrogens is 589 g/mol. The molecular formula is C20H16Br2INO3. The molecule has 0 aliphatic carbocycles. The average molecular weight is 605 g/mol. The predicted octanol–water partition coefficient (Wildman–Crippen LogP) is 6.20. The minimum atomic E-state index is -0.462. The van der Waals surface area contributed by atoms with Crippen molar-refractivity contribution in [1.82, 2.24) is 0 Å². The SMILES string of the molecule is CC(C)COc1c(Br)cc(/C=C2\N=C(c3ccc(I)cc3)OC2=O)cc1Br. The highest BCUT2D eigenvalue weighted by Crippen LogP contribution is 2.36. The van der Waals surface area contributed by atoms with Crippen molar-refractivity contribution in [1.29, 1.82) is 0 Å². The number of aliphatic imine (C=N–C) groups is 1. The number of esters is 1. The van der Waals surface area contributed by atoms with Gasteiger partial charge in [0.25, 0.3) is 0 Å². The lowest BCUT2D eigenvalue weighted by molar-refractivity contribution is -0.129. The Kier molecular flexibility index (Phi) is 6.75. The van der Waals surface area contributed by atoms with Crippen LogP contribution in [0.5, 0.6) is 5.75 Å². The van der Waals surface area contributed by atoms with E-state index < -0.39 is 5.97 Å². The largest absolute Gasteiger partial charge is 0.491 e. The Morgan fingerprint density at radius 1 is 1.19 bits per heavy atom. The molecule has 3 rings (SSSR count). The summed E-state index contributed by atoms with van der Waals surface area (Å²) in [5.41, 5.74) is 1.84. The van der Waals surface area contributed by atoms with E-state index in [1.807, 2.05) is 36.4 Å². The molecule has 0 unspecified atom stereocenters. The molecule has 0 spiro atoms. The fraction of sp³-hybridized carbons (Fsp3) is 0.200. The maximum absolute atomic E-state index is 12.2. The van der Waals surface area contributed by atoms with E-state index in [1.165, 1.54) is 0 Å². The molecule has 0 N–H and O–H groups in total. The molecule has 0 saturated heterocycles. The van der Waals surface area contributed by atoms with Crippen LogP contribution in [0, 0.1) is 9.49 Å². The van der Waals surface area contributed by atoms with Gasteiger partial charge in [-0.1, -0.05) is 13.8 Å². The van der Waals surface area contributed by atoms with E-state index in [4.69, 9.17) is 9.47 Å². The molecule has 4 nitrogen and oxygen atoms in total. The summed E-state index contributed by atoms with van der Waals surface area (Å²) in [6.45, 7) is 4.80. The molecule has 2 aromatic carbocycles. The summed E-state index contributed by atoms with van der Waals surface area (Å²) in [5, 5.41) is 0. The topological polar surface area (TPSA) is 47.9 Å². The molecule has 0 atom stereocenters. The van der Waals surface area contributed by atoms with Gasteiger partial charge in [0.2, 0.25) is 5.90 Å². The Morgan fingerprint density at radius 2 is 1.81 bits per heavy atom. The van der Waals surface area contributed by atoms with Crippen molar-refractivity contribution in [3.05, 3.63) is 65.7 Å². The van der Waals surface area contributed by atoms with Gasteiger partial charge in [-0.25, -0.2) is 9.79 Å². The van der Waals surface area contributed by atoms with Crippen LogP contribution in [0.2, 0.25) is 0 Å². The maximum Gasteiger partial charge on any atom is 0.363 e. The first-order chi connectivity index (χ1) is 12.8. The first-order valence-corrected chi connectivity index (χ1v) is 10.9. The van der Waals surface area contributed by atoms with Crippen LogP contribution in [-0.4, -0.2) is 18.5 Å². The van der Waals surface area contributed by atoms with Crippen LogP contribution in [0.4, 0.5) is 0 Å². The van der Waals surface area contributed by atoms with Crippen molar-refractivity contribution in [2.24, 2.45) is 10.9 Å². The molecule has 0 fully saturated rings. The highest BCUT2D eigenvalue weighted by atomic mass is 127. The van der Waals surface area contributed by atoms with Gasteiger partial charge in [0.1, 0.15) is 5.75 Å². The van der Waals surface area contributed by atoms with E-state index in [1.54, 1.807) is 6.08 Å². The average Bonchev–Trinajstić information content (AvgIpc) is 2.95. The summed E-state index contributed by atoms with van der Waals surface area (Å²) in [4.78, 5) is 16.5. The van der Waals surface area contributed by atoms with Crippen molar-refractivity contribution < 1.29 is 14.3 Å². The summed E-state index contributed by atoms with van der Waals surface area (Å²) in [6, 6.07) is 11.4. The number of hydrogen-bond acceptors (Lipinski definition) is 4. The van der Waals surface area contributed by atoms with E-state index >= 15 is 0 Å². The number of ether oxygens (including phenoxy) is 2. The molecule has 0 radical (unpaired) electrons. The first kappa shape index (κ1) is 20.5. The lowest BCUT2D eigenvalue weighted by atomic mass is 10.2. The second-order valence-corrected chi connectivity index (χ2v) is 9.32. The van der Waals surface area contributed by atoms with Gasteiger partial charge in [0, 0.05) is 9.13 Å². The van der Waals surface area contributed by atoms with Crippen LogP contribution in [0.25, 0.3) is 6.08 Å². The maximum atomic E-state index is 12.2. The second-order valence-electron chi connectivity index (χ2n) is 6.36. The van der Waals surface area contributed by atoms with Crippen molar-refractivity contribution in [3.63, 3.8) is 0 Å². The Hall–Kier alpha value is -1.19. The number of halogens is 3. The van der Waals surface area contributed by atoms with E-state index in [9.17, 15) is 4.79 Å². The van der Waals surface area contributed by atoms with Crippen LogP contribution >= 0.6 is 54.5 Å². The van der Waals surface area contributed by atoms with E-state index in [0.29, 0.717) is 18.4 Å². The number of rotatable bonds is 5. The molecule has 2 aromatic rings. The number of nitrogens with zero attached hydrogens (tertiary/aromatic N) is 1. The third kappa shape index (κ3) is 5.20. The zero-order valence-electron chi connectivity index (χ0n) is 14.6. The van der Waals surface area contributed by atoms with Gasteiger partial charge in [-0.15, -0.1) is 0 Å². The third-order valence-electron chi connectivity index (χ3n) is 3.60. The normalized spacial score (nSPS) is 15.3. The van der Waals surface area contributed by atoms with E-state index in [0.717, 1.165) is 29.4 Å². The van der Waals surface area contributed by atoms with Gasteiger partial charge in [0.05, 0.1) is 15.6 Å². The molecule has 1 heterocycles. The van der Waals surface area contributed by atoms with Crippen LogP contribution in [0.3, 0.4) is 0 Å². The Morgan fingerprint density at radius 3 is 2.41 bits per heavy atom. The molecule has 27 heavy (non-hydrogen) atoms. The molecule has 0 amide bonds. The van der Waals surface area contributed by atoms with E-state index in [2.05, 4.69) is 73.3 Å². The number of cyclic esters (lactones) is 1. The number of benzene rings is 2. The quantitative estimate of drug-likeness (QED) is 0.232. The molecule has 0 aromatic heterocycles. The molecule has 140 valence electrons. The Labute approximate surface area is 188 Å². The molecule has 7 heteroatoms. The Bertz CT molecular complexity index is 914. The van der Waals surface area contributed by atoms with Crippen LogP contribution in [-0.2, 0) is 9.53 Å². The zero-order valence-corrected chi connectivity index (χ0v) is 20.0. The number of carbonyl (C=O) groups is 1. The summed E-state index contributed by atoms with van der Waals surface area (Å²) in [7, 11) is 0. The fourth-order valence-electron chi connectivity index (χ4n) is 2.33. The number of carbonyl (C=O) groups excluding carboxylic acids is 1. The molecule has 0 saturated carbocycles. The second kappa shape index (κ2) is 8.87. The lowest BCUT2D eigenvalue weighted by Crippen LogP contribution is -2.05. The smallest absolute Gasteiger partial charge is 0.363 e. The lowest BCUT2D eigenvalue weighted by Gasteiger charge is -2.13. The fourth-order valence-corrected chi connectivity index (χ4v) is 4.14. The summed E-state index contributed by atoms with van der Waals surface area (Å²) >= 11 is 9.28.